The number of hydrogen-bond acceptors (Lipinski definition) is 5. The number of ether oxygens (including phenoxy) is 1. The predicted molar refractivity (Wildman–Crippen MR) is 79.5 cm³/mol. The Kier molecular flexibility index (Phi) is 4.84. The molecule has 21 heavy (non-hydrogen) atoms. The largest absolute Gasteiger partial charge is 0.438 e. The number of pyridine rings is 1. The number of rotatable bonds is 6. The zero-order valence-electron chi connectivity index (χ0n) is 11.9. The molecular weight excluding hydrogens is 270 g/mol. The molecule has 0 saturated heterocycles. The molecule has 0 bridgehead atoms. The number of non-ortho nitro benzene ring substituents is 1. The van der Waals surface area contributed by atoms with E-state index in [4.69, 9.17) is 4.74 Å². The molecule has 1 aromatic heterocycles. The first-order valence-corrected chi connectivity index (χ1v) is 6.72. The number of benzene rings is 1. The molecule has 6 nitrogen and oxygen atoms in total. The van der Waals surface area contributed by atoms with Crippen LogP contribution >= 0.6 is 0 Å². The zero-order chi connectivity index (χ0) is 15.2. The lowest BCUT2D eigenvalue weighted by Gasteiger charge is -2.16. The highest BCUT2D eigenvalue weighted by Gasteiger charge is 2.13. The maximum Gasteiger partial charge on any atom is 0.273 e. The van der Waals surface area contributed by atoms with Crippen LogP contribution in [-0.2, 0) is 0 Å². The highest BCUT2D eigenvalue weighted by molar-refractivity contribution is 5.41. The van der Waals surface area contributed by atoms with Crippen LogP contribution in [0.2, 0.25) is 0 Å². The maximum absolute atomic E-state index is 10.8. The van der Waals surface area contributed by atoms with Crippen molar-refractivity contribution in [2.24, 2.45) is 0 Å². The summed E-state index contributed by atoms with van der Waals surface area (Å²) < 4.78 is 5.71. The molecule has 0 aliphatic heterocycles. The van der Waals surface area contributed by atoms with Gasteiger partial charge in [0.25, 0.3) is 5.69 Å². The molecule has 0 amide bonds. The van der Waals surface area contributed by atoms with Crippen molar-refractivity contribution in [2.75, 3.05) is 6.54 Å². The zero-order valence-corrected chi connectivity index (χ0v) is 11.9. The minimum Gasteiger partial charge on any atom is -0.438 e. The van der Waals surface area contributed by atoms with E-state index in [0.717, 1.165) is 12.1 Å². The van der Waals surface area contributed by atoms with Crippen molar-refractivity contribution >= 4 is 5.69 Å². The van der Waals surface area contributed by atoms with Gasteiger partial charge in [-0.2, -0.15) is 0 Å². The first kappa shape index (κ1) is 14.9. The number of hydrogen-bond donors (Lipinski definition) is 1. The summed E-state index contributed by atoms with van der Waals surface area (Å²) in [5.41, 5.74) is 0.899. The molecule has 0 radical (unpaired) electrons. The molecular formula is C15H17N3O3. The molecule has 1 aromatic carbocycles. The summed E-state index contributed by atoms with van der Waals surface area (Å²) >= 11 is 0. The summed E-state index contributed by atoms with van der Waals surface area (Å²) in [5, 5.41) is 14.1. The van der Waals surface area contributed by atoms with Gasteiger partial charge in [-0.1, -0.05) is 19.1 Å². The standard InChI is InChI=1S/C15H17N3O3/c1-3-16-11(2)14-8-5-9-17-15(14)21-13-7-4-6-12(10-13)18(19)20/h4-11,16H,3H2,1-2H3. The fraction of sp³-hybridized carbons (Fsp3) is 0.267. The van der Waals surface area contributed by atoms with E-state index in [0.29, 0.717) is 11.6 Å². The molecule has 110 valence electrons. The summed E-state index contributed by atoms with van der Waals surface area (Å²) in [6.45, 7) is 4.86. The second kappa shape index (κ2) is 6.81. The molecule has 0 saturated carbocycles. The van der Waals surface area contributed by atoms with Gasteiger partial charge < -0.3 is 10.1 Å². The molecule has 2 aromatic rings. The topological polar surface area (TPSA) is 77.3 Å². The van der Waals surface area contributed by atoms with Crippen LogP contribution in [-0.4, -0.2) is 16.5 Å². The number of nitrogens with zero attached hydrogens (tertiary/aromatic N) is 2. The van der Waals surface area contributed by atoms with E-state index in [1.54, 1.807) is 18.3 Å². The number of nitrogens with one attached hydrogen (secondary N) is 1. The SMILES string of the molecule is CCNC(C)c1cccnc1Oc1cccc([N+](=O)[O-])c1. The van der Waals surface area contributed by atoms with Crippen LogP contribution in [0.15, 0.2) is 42.6 Å². The van der Waals surface area contributed by atoms with Crippen LogP contribution in [0.25, 0.3) is 0 Å². The van der Waals surface area contributed by atoms with Gasteiger partial charge in [0.15, 0.2) is 0 Å². The van der Waals surface area contributed by atoms with Gasteiger partial charge >= 0.3 is 0 Å². The summed E-state index contributed by atoms with van der Waals surface area (Å²) in [4.78, 5) is 14.6. The molecule has 1 unspecified atom stereocenters. The van der Waals surface area contributed by atoms with E-state index < -0.39 is 4.92 Å². The molecule has 6 heteroatoms. The van der Waals surface area contributed by atoms with Crippen molar-refractivity contribution in [3.05, 3.63) is 58.3 Å². The van der Waals surface area contributed by atoms with E-state index >= 15 is 0 Å². The van der Waals surface area contributed by atoms with Gasteiger partial charge in [-0.25, -0.2) is 4.98 Å². The van der Waals surface area contributed by atoms with Gasteiger partial charge in [0.05, 0.1) is 11.0 Å². The Morgan fingerprint density at radius 3 is 2.90 bits per heavy atom. The smallest absolute Gasteiger partial charge is 0.273 e. The predicted octanol–water partition coefficient (Wildman–Crippen LogP) is 3.45. The average molecular weight is 287 g/mol. The highest BCUT2D eigenvalue weighted by Crippen LogP contribution is 2.29. The van der Waals surface area contributed by atoms with Crippen LogP contribution in [0.1, 0.15) is 25.5 Å². The molecule has 2 rings (SSSR count). The Morgan fingerprint density at radius 1 is 1.38 bits per heavy atom. The lowest BCUT2D eigenvalue weighted by atomic mass is 10.1. The Labute approximate surface area is 122 Å². The summed E-state index contributed by atoms with van der Waals surface area (Å²) in [5.74, 6) is 0.847. The maximum atomic E-state index is 10.8. The Balaban J connectivity index is 2.27. The van der Waals surface area contributed by atoms with E-state index in [-0.39, 0.29) is 11.7 Å². The Hall–Kier alpha value is -2.47. The molecule has 1 atom stereocenters. The Morgan fingerprint density at radius 2 is 2.19 bits per heavy atom. The van der Waals surface area contributed by atoms with Crippen LogP contribution in [0.4, 0.5) is 5.69 Å². The molecule has 0 aliphatic rings. The summed E-state index contributed by atoms with van der Waals surface area (Å²) in [6, 6.07) is 9.91. The van der Waals surface area contributed by atoms with Crippen LogP contribution in [0.3, 0.4) is 0 Å². The lowest BCUT2D eigenvalue weighted by Crippen LogP contribution is -2.18. The van der Waals surface area contributed by atoms with Gasteiger partial charge in [-0.05, 0) is 25.6 Å². The summed E-state index contributed by atoms with van der Waals surface area (Å²) in [6.07, 6.45) is 1.63. The number of aromatic nitrogens is 1. The van der Waals surface area contributed by atoms with E-state index in [1.807, 2.05) is 26.0 Å². The molecule has 0 fully saturated rings. The van der Waals surface area contributed by atoms with Crippen molar-refractivity contribution in [2.45, 2.75) is 19.9 Å². The van der Waals surface area contributed by atoms with E-state index in [9.17, 15) is 10.1 Å². The molecule has 1 heterocycles. The van der Waals surface area contributed by atoms with Gasteiger partial charge in [0.1, 0.15) is 5.75 Å². The fourth-order valence-corrected chi connectivity index (χ4v) is 2.01. The van der Waals surface area contributed by atoms with Crippen molar-refractivity contribution in [3.8, 4) is 11.6 Å². The van der Waals surface area contributed by atoms with Crippen LogP contribution in [0.5, 0.6) is 11.6 Å². The monoisotopic (exact) mass is 287 g/mol. The first-order valence-electron chi connectivity index (χ1n) is 6.72. The van der Waals surface area contributed by atoms with Crippen molar-refractivity contribution in [1.82, 2.24) is 10.3 Å². The van der Waals surface area contributed by atoms with Crippen LogP contribution in [0, 0.1) is 10.1 Å². The quantitative estimate of drug-likeness (QED) is 0.650. The molecule has 0 spiro atoms. The van der Waals surface area contributed by atoms with E-state index in [1.165, 1.54) is 12.1 Å². The van der Waals surface area contributed by atoms with E-state index in [2.05, 4.69) is 10.3 Å². The van der Waals surface area contributed by atoms with Crippen molar-refractivity contribution in [3.63, 3.8) is 0 Å². The van der Waals surface area contributed by atoms with Gasteiger partial charge in [-0.3, -0.25) is 10.1 Å². The van der Waals surface area contributed by atoms with Gasteiger partial charge in [0, 0.05) is 23.9 Å². The Bertz CT molecular complexity index is 631. The third kappa shape index (κ3) is 3.76. The number of nitro groups is 1. The van der Waals surface area contributed by atoms with Crippen LogP contribution < -0.4 is 10.1 Å². The number of nitro benzene ring substituents is 1. The van der Waals surface area contributed by atoms with Crippen molar-refractivity contribution < 1.29 is 9.66 Å². The first-order chi connectivity index (χ1) is 10.1. The third-order valence-corrected chi connectivity index (χ3v) is 3.02. The lowest BCUT2D eigenvalue weighted by molar-refractivity contribution is -0.384. The second-order valence-corrected chi connectivity index (χ2v) is 4.53. The van der Waals surface area contributed by atoms with Gasteiger partial charge in [0.2, 0.25) is 5.88 Å². The second-order valence-electron chi connectivity index (χ2n) is 4.53. The van der Waals surface area contributed by atoms with Gasteiger partial charge in [-0.15, -0.1) is 0 Å². The normalized spacial score (nSPS) is 11.9. The minimum absolute atomic E-state index is 0.00953. The molecule has 1 N–H and O–H groups in total. The minimum atomic E-state index is -0.451. The fourth-order valence-electron chi connectivity index (χ4n) is 2.01. The molecule has 0 aliphatic carbocycles. The third-order valence-electron chi connectivity index (χ3n) is 3.02. The highest BCUT2D eigenvalue weighted by atomic mass is 16.6. The average Bonchev–Trinajstić information content (AvgIpc) is 2.48. The van der Waals surface area contributed by atoms with Crippen molar-refractivity contribution in [1.29, 1.82) is 0 Å². The summed E-state index contributed by atoms with van der Waals surface area (Å²) in [7, 11) is 0.